The third-order valence-electron chi connectivity index (χ3n) is 3.67. The van der Waals surface area contributed by atoms with E-state index in [0.717, 1.165) is 57.7 Å². The predicted molar refractivity (Wildman–Crippen MR) is 91.4 cm³/mol. The Hall–Kier alpha value is -1.33. The van der Waals surface area contributed by atoms with Crippen LogP contribution in [-0.4, -0.2) is 53.2 Å². The van der Waals surface area contributed by atoms with Gasteiger partial charge < -0.3 is 14.6 Å². The maximum absolute atomic E-state index is 11.8. The molecule has 22 heavy (non-hydrogen) atoms. The predicted octanol–water partition coefficient (Wildman–Crippen LogP) is 2.13. The molecule has 0 unspecified atom stereocenters. The molecule has 0 saturated carbocycles. The molecule has 0 saturated heterocycles. The average molecular weight is 309 g/mol. The van der Waals surface area contributed by atoms with Crippen molar-refractivity contribution in [3.8, 4) is 5.75 Å². The zero-order valence-corrected chi connectivity index (χ0v) is 14.5. The van der Waals surface area contributed by atoms with Gasteiger partial charge in [-0.05, 0) is 53.0 Å². The Kier molecular flexibility index (Phi) is 8.20. The van der Waals surface area contributed by atoms with E-state index in [9.17, 15) is 9.90 Å². The van der Waals surface area contributed by atoms with Crippen LogP contribution in [0.25, 0.3) is 0 Å². The average Bonchev–Trinajstić information content (AvgIpc) is 2.44. The van der Waals surface area contributed by atoms with Crippen molar-refractivity contribution in [1.82, 2.24) is 14.4 Å². The monoisotopic (exact) mass is 309 g/mol. The summed E-state index contributed by atoms with van der Waals surface area (Å²) in [4.78, 5) is 16.3. The molecule has 0 spiro atoms. The van der Waals surface area contributed by atoms with Crippen molar-refractivity contribution in [3.63, 3.8) is 0 Å². The highest BCUT2D eigenvalue weighted by atomic mass is 16.3. The molecule has 126 valence electrons. The van der Waals surface area contributed by atoms with Crippen molar-refractivity contribution >= 4 is 0 Å². The van der Waals surface area contributed by atoms with Gasteiger partial charge in [-0.25, -0.2) is 0 Å². The van der Waals surface area contributed by atoms with Crippen LogP contribution in [0.15, 0.2) is 17.1 Å². The molecule has 0 fully saturated rings. The van der Waals surface area contributed by atoms with Gasteiger partial charge in [0.2, 0.25) is 5.43 Å². The second-order valence-electron chi connectivity index (χ2n) is 6.14. The standard InChI is InChI=1S/C17H31N3O2/c1-5-8-19(9-6-2)13-15-12-16(21)17(22)14-20(15)11-7-10-18(3)4/h12,14,22H,5-11,13H2,1-4H3. The summed E-state index contributed by atoms with van der Waals surface area (Å²) in [6, 6.07) is 1.59. The van der Waals surface area contributed by atoms with E-state index in [1.165, 1.54) is 0 Å². The lowest BCUT2D eigenvalue weighted by Crippen LogP contribution is -2.28. The molecular formula is C17H31N3O2. The van der Waals surface area contributed by atoms with Gasteiger partial charge in [0.1, 0.15) is 0 Å². The number of pyridine rings is 1. The number of hydrogen-bond donors (Lipinski definition) is 1. The summed E-state index contributed by atoms with van der Waals surface area (Å²) in [6.07, 6.45) is 4.78. The van der Waals surface area contributed by atoms with Gasteiger partial charge in [-0.3, -0.25) is 9.69 Å². The molecule has 5 heteroatoms. The van der Waals surface area contributed by atoms with Gasteiger partial charge in [-0.2, -0.15) is 0 Å². The normalized spacial score (nSPS) is 11.5. The first-order valence-corrected chi connectivity index (χ1v) is 8.27. The lowest BCUT2D eigenvalue weighted by molar-refractivity contribution is 0.257. The number of aromatic hydroxyl groups is 1. The lowest BCUT2D eigenvalue weighted by Gasteiger charge is -2.23. The van der Waals surface area contributed by atoms with Gasteiger partial charge >= 0.3 is 0 Å². The number of nitrogens with zero attached hydrogens (tertiary/aromatic N) is 3. The van der Waals surface area contributed by atoms with E-state index in [4.69, 9.17) is 0 Å². The summed E-state index contributed by atoms with van der Waals surface area (Å²) >= 11 is 0. The van der Waals surface area contributed by atoms with Crippen LogP contribution in [0.2, 0.25) is 0 Å². The molecule has 1 N–H and O–H groups in total. The van der Waals surface area contributed by atoms with E-state index in [0.29, 0.717) is 0 Å². The Morgan fingerprint density at radius 3 is 2.32 bits per heavy atom. The third-order valence-corrected chi connectivity index (χ3v) is 3.67. The molecule has 1 aromatic rings. The fourth-order valence-electron chi connectivity index (χ4n) is 2.64. The first-order chi connectivity index (χ1) is 10.5. The van der Waals surface area contributed by atoms with Gasteiger partial charge in [-0.15, -0.1) is 0 Å². The van der Waals surface area contributed by atoms with Crippen LogP contribution in [-0.2, 0) is 13.1 Å². The largest absolute Gasteiger partial charge is 0.503 e. The van der Waals surface area contributed by atoms with E-state index in [1.54, 1.807) is 12.3 Å². The highest BCUT2D eigenvalue weighted by Crippen LogP contribution is 2.10. The summed E-state index contributed by atoms with van der Waals surface area (Å²) < 4.78 is 2.03. The van der Waals surface area contributed by atoms with Crippen LogP contribution < -0.4 is 5.43 Å². The molecule has 0 aromatic carbocycles. The van der Waals surface area contributed by atoms with Gasteiger partial charge in [0.25, 0.3) is 0 Å². The van der Waals surface area contributed by atoms with Gasteiger partial charge in [-0.1, -0.05) is 13.8 Å². The molecule has 0 radical (unpaired) electrons. The minimum absolute atomic E-state index is 0.161. The van der Waals surface area contributed by atoms with E-state index in [1.807, 2.05) is 18.7 Å². The van der Waals surface area contributed by atoms with Crippen LogP contribution >= 0.6 is 0 Å². The number of hydrogen-bond acceptors (Lipinski definition) is 4. The van der Waals surface area contributed by atoms with Gasteiger partial charge in [0.15, 0.2) is 5.75 Å². The van der Waals surface area contributed by atoms with Crippen LogP contribution in [0, 0.1) is 0 Å². The molecule has 0 amide bonds. The summed E-state index contributed by atoms with van der Waals surface area (Å²) in [7, 11) is 4.10. The summed E-state index contributed by atoms with van der Waals surface area (Å²) in [6.45, 7) is 8.96. The molecular weight excluding hydrogens is 278 g/mol. The van der Waals surface area contributed by atoms with E-state index < -0.39 is 0 Å². The first kappa shape index (κ1) is 18.7. The highest BCUT2D eigenvalue weighted by Gasteiger charge is 2.10. The zero-order chi connectivity index (χ0) is 16.5. The van der Waals surface area contributed by atoms with Crippen LogP contribution in [0.1, 0.15) is 38.8 Å². The van der Waals surface area contributed by atoms with Crippen molar-refractivity contribution in [3.05, 3.63) is 28.2 Å². The molecule has 0 aliphatic carbocycles. The third kappa shape index (κ3) is 6.20. The molecule has 0 aliphatic rings. The Labute approximate surface area is 134 Å². The maximum atomic E-state index is 11.8. The van der Waals surface area contributed by atoms with Gasteiger partial charge in [0, 0.05) is 24.8 Å². The summed E-state index contributed by atoms with van der Waals surface area (Å²) in [5.74, 6) is -0.161. The molecule has 1 aromatic heterocycles. The smallest absolute Gasteiger partial charge is 0.223 e. The van der Waals surface area contributed by atoms with Gasteiger partial charge in [0.05, 0.1) is 6.20 Å². The summed E-state index contributed by atoms with van der Waals surface area (Å²) in [5, 5.41) is 9.72. The SMILES string of the molecule is CCCN(CCC)Cc1cc(=O)c(O)cn1CCCN(C)C. The van der Waals surface area contributed by atoms with Crippen LogP contribution in [0.3, 0.4) is 0 Å². The number of rotatable bonds is 10. The topological polar surface area (TPSA) is 48.7 Å². The number of aryl methyl sites for hydroxylation is 1. The molecule has 1 rings (SSSR count). The first-order valence-electron chi connectivity index (χ1n) is 8.27. The molecule has 0 atom stereocenters. The Morgan fingerprint density at radius 2 is 1.77 bits per heavy atom. The highest BCUT2D eigenvalue weighted by molar-refractivity contribution is 5.20. The van der Waals surface area contributed by atoms with Crippen molar-refractivity contribution < 1.29 is 5.11 Å². The number of aromatic nitrogens is 1. The minimum Gasteiger partial charge on any atom is -0.503 e. The van der Waals surface area contributed by atoms with Crippen molar-refractivity contribution in [2.24, 2.45) is 0 Å². The molecule has 5 nitrogen and oxygen atoms in total. The minimum atomic E-state index is -0.285. The fourth-order valence-corrected chi connectivity index (χ4v) is 2.64. The van der Waals surface area contributed by atoms with Crippen LogP contribution in [0.4, 0.5) is 0 Å². The molecule has 0 aliphatic heterocycles. The van der Waals surface area contributed by atoms with E-state index in [2.05, 4.69) is 23.6 Å². The van der Waals surface area contributed by atoms with E-state index in [-0.39, 0.29) is 11.2 Å². The fraction of sp³-hybridized carbons (Fsp3) is 0.706. The van der Waals surface area contributed by atoms with Crippen molar-refractivity contribution in [1.29, 1.82) is 0 Å². The molecule has 0 bridgehead atoms. The Balaban J connectivity index is 2.89. The molecule has 1 heterocycles. The van der Waals surface area contributed by atoms with E-state index >= 15 is 0 Å². The second-order valence-corrected chi connectivity index (χ2v) is 6.14. The van der Waals surface area contributed by atoms with Crippen molar-refractivity contribution in [2.45, 2.75) is 46.2 Å². The maximum Gasteiger partial charge on any atom is 0.223 e. The lowest BCUT2D eigenvalue weighted by atomic mass is 10.2. The Bertz CT molecular complexity index is 491. The van der Waals surface area contributed by atoms with Crippen LogP contribution in [0.5, 0.6) is 5.75 Å². The second kappa shape index (κ2) is 9.64. The Morgan fingerprint density at radius 1 is 1.14 bits per heavy atom. The van der Waals surface area contributed by atoms with Crippen molar-refractivity contribution in [2.75, 3.05) is 33.7 Å². The quantitative estimate of drug-likeness (QED) is 0.719. The zero-order valence-electron chi connectivity index (χ0n) is 14.5. The summed E-state index contributed by atoms with van der Waals surface area (Å²) in [5.41, 5.74) is 0.704.